The van der Waals surface area contributed by atoms with Crippen LogP contribution in [-0.4, -0.2) is 24.9 Å². The Morgan fingerprint density at radius 2 is 0.714 bits per heavy atom. The summed E-state index contributed by atoms with van der Waals surface area (Å²) in [6.07, 6.45) is 63.8. The molecule has 10 rings (SSSR count). The highest BCUT2D eigenvalue weighted by Gasteiger charge is 2.44. The minimum atomic E-state index is 0.0269. The third kappa shape index (κ3) is 22.5. The maximum absolute atomic E-state index is 15.5. The second-order valence-electron chi connectivity index (χ2n) is 33.1. The van der Waals surface area contributed by atoms with Crippen LogP contribution in [0.2, 0.25) is 0 Å². The fourth-order valence-electron chi connectivity index (χ4n) is 18.3. The van der Waals surface area contributed by atoms with Gasteiger partial charge >= 0.3 is 0 Å². The molecule has 0 fully saturated rings. The van der Waals surface area contributed by atoms with Gasteiger partial charge in [0.15, 0.2) is 0 Å². The molecule has 6 heterocycles. The molecule has 2 aliphatic heterocycles. The van der Waals surface area contributed by atoms with Crippen molar-refractivity contribution >= 4 is 132 Å². The van der Waals surface area contributed by atoms with Crippen LogP contribution < -0.4 is 9.80 Å². The molecule has 4 aromatic heterocycles. The second kappa shape index (κ2) is 44.5. The first kappa shape index (κ1) is 83.1. The Labute approximate surface area is 655 Å². The number of aryl methyl sites for hydroxylation is 2. The van der Waals surface area contributed by atoms with Gasteiger partial charge in [-0.2, -0.15) is 0 Å². The quantitative estimate of drug-likeness (QED) is 0.0217. The van der Waals surface area contributed by atoms with E-state index in [1.165, 1.54) is 355 Å². The molecular weight excluding hydrogens is 1350 g/mol. The van der Waals surface area contributed by atoms with Gasteiger partial charge in [-0.05, 0) is 144 Å². The SMILES string of the molecule is CCCCCCCCCCC(CCCCCCCC)Cc1cc2c(cc(C(C)C(CCCCCCCC)CCCCCCCCCC)c3c2ccc2cc(-c4cc5c(s4)/C(=C4\C(=O)N(CCCCCCCCCC)c6cc(C)sc64)C(=O)N5CCCCCCCCCC)sc23)c2ccc3cc(C)sc3c12. The molecule has 0 saturated heterocycles. The smallest absolute Gasteiger partial charge is 0.260 e. The van der Waals surface area contributed by atoms with E-state index in [-0.39, 0.29) is 11.8 Å². The second-order valence-corrected chi connectivity index (χ2v) is 37.8. The number of carbonyl (C=O) groups excluding carboxylic acids is 2. The van der Waals surface area contributed by atoms with Gasteiger partial charge in [-0.25, -0.2) is 0 Å². The summed E-state index contributed by atoms with van der Waals surface area (Å²) in [5, 5.41) is 11.6. The Morgan fingerprint density at radius 3 is 1.19 bits per heavy atom. The fourth-order valence-corrected chi connectivity index (χ4v) is 23.0. The van der Waals surface area contributed by atoms with E-state index in [4.69, 9.17) is 0 Å². The summed E-state index contributed by atoms with van der Waals surface area (Å²) >= 11 is 7.53. The summed E-state index contributed by atoms with van der Waals surface area (Å²) in [6, 6.07) is 25.2. The van der Waals surface area contributed by atoms with Crippen molar-refractivity contribution in [1.82, 2.24) is 0 Å². The number of amides is 2. The number of hydrogen-bond donors (Lipinski definition) is 0. The molecule has 0 aliphatic carbocycles. The van der Waals surface area contributed by atoms with E-state index in [0.717, 1.165) is 53.2 Å². The van der Waals surface area contributed by atoms with E-state index in [2.05, 4.69) is 133 Å². The van der Waals surface area contributed by atoms with Crippen LogP contribution in [0.3, 0.4) is 0 Å². The number of anilines is 2. The van der Waals surface area contributed by atoms with Gasteiger partial charge in [0.05, 0.1) is 32.3 Å². The van der Waals surface area contributed by atoms with Gasteiger partial charge in [-0.1, -0.05) is 355 Å². The van der Waals surface area contributed by atoms with Gasteiger partial charge in [0, 0.05) is 52.8 Å². The number of nitrogens with zero attached hydrogens (tertiary/aromatic N) is 2. The molecule has 2 amide bonds. The molecular formula is C97H142N2O2S4. The van der Waals surface area contributed by atoms with E-state index in [1.54, 1.807) is 33.8 Å². The molecule has 8 aromatic rings. The molecule has 105 heavy (non-hydrogen) atoms. The highest BCUT2D eigenvalue weighted by atomic mass is 32.1. The van der Waals surface area contributed by atoms with Crippen LogP contribution in [0.1, 0.15) is 393 Å². The fraction of sp³-hybridized carbons (Fsp3) is 0.649. The van der Waals surface area contributed by atoms with Crippen molar-refractivity contribution in [3.8, 4) is 9.75 Å². The highest BCUT2D eigenvalue weighted by Crippen LogP contribution is 2.56. The topological polar surface area (TPSA) is 40.6 Å². The van der Waals surface area contributed by atoms with E-state index in [1.807, 2.05) is 22.7 Å². The van der Waals surface area contributed by atoms with E-state index in [0.29, 0.717) is 42.0 Å². The highest BCUT2D eigenvalue weighted by molar-refractivity contribution is 7.27. The van der Waals surface area contributed by atoms with Crippen molar-refractivity contribution in [3.63, 3.8) is 0 Å². The van der Waals surface area contributed by atoms with Gasteiger partial charge in [-0.15, -0.1) is 45.3 Å². The summed E-state index contributed by atoms with van der Waals surface area (Å²) in [5.41, 5.74) is 6.47. The van der Waals surface area contributed by atoms with Gasteiger partial charge in [0.2, 0.25) is 0 Å². The first-order valence-electron chi connectivity index (χ1n) is 44.4. The lowest BCUT2D eigenvalue weighted by Crippen LogP contribution is -2.30. The maximum Gasteiger partial charge on any atom is 0.260 e. The molecule has 4 nitrogen and oxygen atoms in total. The number of benzene rings is 4. The summed E-state index contributed by atoms with van der Waals surface area (Å²) in [5.74, 6) is 1.70. The zero-order chi connectivity index (χ0) is 73.7. The van der Waals surface area contributed by atoms with Crippen molar-refractivity contribution in [3.05, 3.63) is 91.3 Å². The van der Waals surface area contributed by atoms with Crippen LogP contribution in [0.5, 0.6) is 0 Å². The summed E-state index contributed by atoms with van der Waals surface area (Å²) in [6.45, 7) is 22.5. The van der Waals surface area contributed by atoms with Crippen molar-refractivity contribution in [2.24, 2.45) is 11.8 Å². The van der Waals surface area contributed by atoms with Gasteiger partial charge in [-0.3, -0.25) is 9.59 Å². The lowest BCUT2D eigenvalue weighted by Gasteiger charge is -2.27. The Balaban J connectivity index is 1.10. The predicted octanol–water partition coefficient (Wildman–Crippen LogP) is 33.3. The zero-order valence-corrected chi connectivity index (χ0v) is 71.2. The molecule has 3 unspecified atom stereocenters. The molecule has 3 atom stereocenters. The van der Waals surface area contributed by atoms with Crippen LogP contribution in [0, 0.1) is 25.7 Å². The van der Waals surface area contributed by atoms with E-state index in [9.17, 15) is 0 Å². The maximum atomic E-state index is 15.5. The zero-order valence-electron chi connectivity index (χ0n) is 67.9. The van der Waals surface area contributed by atoms with E-state index < -0.39 is 0 Å². The van der Waals surface area contributed by atoms with Crippen LogP contribution >= 0.6 is 45.3 Å². The third-order valence-electron chi connectivity index (χ3n) is 24.6. The molecule has 0 spiro atoms. The van der Waals surface area contributed by atoms with Gasteiger partial charge < -0.3 is 9.80 Å². The normalized spacial score (nSPS) is 14.9. The first-order valence-corrected chi connectivity index (χ1v) is 47.7. The predicted molar refractivity (Wildman–Crippen MR) is 473 cm³/mol. The summed E-state index contributed by atoms with van der Waals surface area (Å²) in [4.78, 5) is 42.1. The molecule has 8 heteroatoms. The van der Waals surface area contributed by atoms with E-state index >= 15 is 9.59 Å². The first-order chi connectivity index (χ1) is 51.5. The number of carbonyl (C=O) groups is 2. The average Bonchev–Trinajstić information content (AvgIpc) is 1.64. The lowest BCUT2D eigenvalue weighted by molar-refractivity contribution is -0.114. The van der Waals surface area contributed by atoms with Crippen molar-refractivity contribution in [1.29, 1.82) is 0 Å². The lowest BCUT2D eigenvalue weighted by atomic mass is 9.77. The number of hydrogen-bond acceptors (Lipinski definition) is 6. The Kier molecular flexibility index (Phi) is 35.2. The number of fused-ring (bicyclic) bond motifs is 11. The van der Waals surface area contributed by atoms with Crippen LogP contribution in [-0.2, 0) is 16.0 Å². The standard InChI is InChI=1S/C97H142N2O2S4/c1-10-16-22-28-34-38-43-49-55-74(54-48-42-32-26-20-14-5)66-78-67-82-80-61-59-77-68-86(87-70-85-95(105-87)91(97(101)99(85)63-53-47-41-37-31-25-19-13-4)90-94-84(65-72(8)103-94)98(96(90)100)62-52-46-40-36-30-24-18-12-3)104-93(77)89(80)81(69-83(82)79-60-58-76-64-71(7)102-92(76)88(78)79)73(9)75(56-50-44-33-27-21-15-6)57-51-45-39-35-29-23-17-11-2/h58-61,64-65,67-70,73-75H,10-57,62-63,66H2,1-9H3/b91-90+. The van der Waals surface area contributed by atoms with Crippen LogP contribution in [0.15, 0.2) is 60.7 Å². The molecule has 0 radical (unpaired) electrons. The largest absolute Gasteiger partial charge is 0.307 e. The van der Waals surface area contributed by atoms with Crippen molar-refractivity contribution in [2.45, 2.75) is 383 Å². The minimum Gasteiger partial charge on any atom is -0.307 e. The number of thiophene rings is 4. The van der Waals surface area contributed by atoms with Crippen molar-refractivity contribution in [2.75, 3.05) is 22.9 Å². The average molecular weight is 1500 g/mol. The van der Waals surface area contributed by atoms with Gasteiger partial charge in [0.1, 0.15) is 0 Å². The molecule has 0 N–H and O–H groups in total. The summed E-state index contributed by atoms with van der Waals surface area (Å²) < 4.78 is 2.91. The Hall–Kier alpha value is -4.34. The minimum absolute atomic E-state index is 0.0269. The van der Waals surface area contributed by atoms with Crippen LogP contribution in [0.4, 0.5) is 11.4 Å². The molecule has 576 valence electrons. The molecule has 2 aliphatic rings. The van der Waals surface area contributed by atoms with Crippen LogP contribution in [0.25, 0.3) is 73.4 Å². The van der Waals surface area contributed by atoms with Gasteiger partial charge in [0.25, 0.3) is 11.8 Å². The summed E-state index contributed by atoms with van der Waals surface area (Å²) in [7, 11) is 0. The third-order valence-corrected chi connectivity index (χ3v) is 29.2. The molecule has 4 aromatic carbocycles. The number of rotatable bonds is 55. The van der Waals surface area contributed by atoms with Crippen molar-refractivity contribution < 1.29 is 9.59 Å². The molecule has 0 saturated carbocycles. The number of unbranched alkanes of at least 4 members (excludes halogenated alkanes) is 38. The Morgan fingerprint density at radius 1 is 0.343 bits per heavy atom. The Bertz CT molecular complexity index is 3980. The molecule has 0 bridgehead atoms. The monoisotopic (exact) mass is 1490 g/mol.